The predicted molar refractivity (Wildman–Crippen MR) is 227 cm³/mol. The number of benzene rings is 5. The summed E-state index contributed by atoms with van der Waals surface area (Å²) >= 11 is 0. The van der Waals surface area contributed by atoms with Gasteiger partial charge in [0.25, 0.3) is 0 Å². The Morgan fingerprint density at radius 3 is 1.69 bits per heavy atom. The van der Waals surface area contributed by atoms with Crippen molar-refractivity contribution < 1.29 is 26.2 Å². The van der Waals surface area contributed by atoms with Gasteiger partial charge in [-0.25, -0.2) is 0 Å². The summed E-state index contributed by atoms with van der Waals surface area (Å²) in [5, 5.41) is 11.2. The van der Waals surface area contributed by atoms with Crippen molar-refractivity contribution in [2.24, 2.45) is 0 Å². The van der Waals surface area contributed by atoms with Crippen LogP contribution >= 0.6 is 0 Å². The SMILES string of the molecule is CC(C)c1cc(C(C)C)c(-n2cc(-c3[c-]c(N4[CH-]N(c5c(C(C)C)cccc5C(C)C)c5ccccc54)ccc3)nc2-c2ccccc2O)c(C(C)C)c1.[Pt+2]. The van der Waals surface area contributed by atoms with Gasteiger partial charge in [-0.15, -0.1) is 36.5 Å². The van der Waals surface area contributed by atoms with Crippen molar-refractivity contribution in [1.29, 1.82) is 0 Å². The standard InChI is InChI=1S/C49H54N4O.Pt/c1-30(2)36-26-41(33(7)8)48(42(27-36)34(9)10)51-28-43(50-49(51)40-19-11-14-24-46(40)54)35-17-15-18-37(25-35)52-29-53(45-23-13-12-22-44(45)52)47-38(31(3)4)20-16-21-39(47)32(5)6;/h11-24,26-34,54H,1-10H3;/q-2;+2. The summed E-state index contributed by atoms with van der Waals surface area (Å²) < 4.78 is 2.22. The van der Waals surface area contributed by atoms with E-state index >= 15 is 0 Å². The molecule has 6 aromatic rings. The number of imidazole rings is 1. The van der Waals surface area contributed by atoms with Gasteiger partial charge in [0.1, 0.15) is 11.6 Å². The summed E-state index contributed by atoms with van der Waals surface area (Å²) in [6.45, 7) is 24.9. The van der Waals surface area contributed by atoms with E-state index in [1.54, 1.807) is 6.07 Å². The number of hydrogen-bond acceptors (Lipinski definition) is 4. The van der Waals surface area contributed by atoms with Crippen LogP contribution in [0.15, 0.2) is 103 Å². The number of rotatable bonds is 10. The fourth-order valence-electron chi connectivity index (χ4n) is 7.75. The van der Waals surface area contributed by atoms with Crippen LogP contribution in [0.2, 0.25) is 0 Å². The van der Waals surface area contributed by atoms with Crippen LogP contribution in [0.25, 0.3) is 28.3 Å². The number of phenolic OH excluding ortho intramolecular Hbond substituents is 1. The Morgan fingerprint density at radius 1 is 0.582 bits per heavy atom. The van der Waals surface area contributed by atoms with E-state index in [0.29, 0.717) is 29.1 Å². The van der Waals surface area contributed by atoms with E-state index in [-0.39, 0.29) is 38.7 Å². The zero-order valence-corrected chi connectivity index (χ0v) is 36.1. The summed E-state index contributed by atoms with van der Waals surface area (Å²) in [5.74, 6) is 2.60. The van der Waals surface area contributed by atoms with Crippen LogP contribution < -0.4 is 9.80 Å². The molecule has 0 amide bonds. The average Bonchev–Trinajstić information content (AvgIpc) is 3.77. The number of anilines is 4. The molecule has 0 aliphatic carbocycles. The number of phenols is 1. The molecule has 0 fully saturated rings. The molecule has 0 spiro atoms. The third-order valence-electron chi connectivity index (χ3n) is 10.7. The second-order valence-corrected chi connectivity index (χ2v) is 16.2. The second-order valence-electron chi connectivity index (χ2n) is 16.2. The largest absolute Gasteiger partial charge is 2.00 e. The summed E-state index contributed by atoms with van der Waals surface area (Å²) in [4.78, 5) is 9.93. The molecule has 0 saturated carbocycles. The van der Waals surface area contributed by atoms with E-state index in [0.717, 1.165) is 34.0 Å². The van der Waals surface area contributed by atoms with Crippen molar-refractivity contribution in [3.05, 3.63) is 144 Å². The van der Waals surface area contributed by atoms with Crippen molar-refractivity contribution in [2.75, 3.05) is 9.80 Å². The van der Waals surface area contributed by atoms with Crippen LogP contribution in [0, 0.1) is 12.7 Å². The zero-order chi connectivity index (χ0) is 38.4. The van der Waals surface area contributed by atoms with Crippen molar-refractivity contribution in [3.8, 4) is 34.1 Å². The summed E-state index contributed by atoms with van der Waals surface area (Å²) in [6, 6.07) is 37.7. The van der Waals surface area contributed by atoms with Gasteiger partial charge in [0.2, 0.25) is 0 Å². The van der Waals surface area contributed by atoms with Gasteiger partial charge in [-0.2, -0.15) is 0 Å². The van der Waals surface area contributed by atoms with Crippen molar-refractivity contribution in [3.63, 3.8) is 0 Å². The van der Waals surface area contributed by atoms with Crippen LogP contribution in [0.5, 0.6) is 5.75 Å². The van der Waals surface area contributed by atoms with Crippen LogP contribution in [0.4, 0.5) is 22.7 Å². The van der Waals surface area contributed by atoms with E-state index in [4.69, 9.17) is 4.98 Å². The molecule has 1 aliphatic heterocycles. The summed E-state index contributed by atoms with van der Waals surface area (Å²) in [5.41, 5.74) is 14.5. The van der Waals surface area contributed by atoms with Crippen LogP contribution in [-0.2, 0) is 21.1 Å². The average molecular weight is 910 g/mol. The molecule has 1 aliphatic rings. The smallest absolute Gasteiger partial charge is 0.507 e. The number of hydrogen-bond donors (Lipinski definition) is 1. The molecule has 6 heteroatoms. The Bertz CT molecular complexity index is 2240. The monoisotopic (exact) mass is 909 g/mol. The van der Waals surface area contributed by atoms with Gasteiger partial charge in [-0.05, 0) is 87.9 Å². The maximum absolute atomic E-state index is 11.2. The molecule has 0 unspecified atom stereocenters. The molecule has 7 rings (SSSR count). The molecule has 0 atom stereocenters. The first-order valence-corrected chi connectivity index (χ1v) is 19.6. The van der Waals surface area contributed by atoms with E-state index in [9.17, 15) is 5.11 Å². The molecular formula is C49H54N4OPt. The Hall–Kier alpha value is -4.60. The number of aromatic nitrogens is 2. The second kappa shape index (κ2) is 16.2. The van der Waals surface area contributed by atoms with Crippen LogP contribution in [0.1, 0.15) is 127 Å². The number of nitrogens with zero attached hydrogens (tertiary/aromatic N) is 4. The molecule has 0 bridgehead atoms. The Kier molecular flexibility index (Phi) is 11.8. The minimum atomic E-state index is 0. The number of fused-ring (bicyclic) bond motifs is 1. The molecule has 5 nitrogen and oxygen atoms in total. The van der Waals surface area contributed by atoms with E-state index in [1.165, 1.54) is 33.5 Å². The van der Waals surface area contributed by atoms with E-state index < -0.39 is 0 Å². The van der Waals surface area contributed by atoms with Gasteiger partial charge in [-0.3, -0.25) is 4.98 Å². The summed E-state index contributed by atoms with van der Waals surface area (Å²) in [7, 11) is 0. The van der Waals surface area contributed by atoms with Crippen LogP contribution in [-0.4, -0.2) is 14.7 Å². The van der Waals surface area contributed by atoms with Crippen molar-refractivity contribution >= 4 is 22.7 Å². The number of para-hydroxylation sites is 4. The number of aromatic hydroxyl groups is 1. The minimum Gasteiger partial charge on any atom is -0.507 e. The first-order valence-electron chi connectivity index (χ1n) is 19.6. The Labute approximate surface area is 343 Å². The molecule has 2 heterocycles. The molecule has 1 N–H and O–H groups in total. The van der Waals surface area contributed by atoms with E-state index in [2.05, 4.69) is 175 Å². The molecule has 0 saturated heterocycles. The third kappa shape index (κ3) is 7.53. The molecule has 286 valence electrons. The van der Waals surface area contributed by atoms with Crippen molar-refractivity contribution in [1.82, 2.24) is 9.55 Å². The van der Waals surface area contributed by atoms with Crippen LogP contribution in [0.3, 0.4) is 0 Å². The minimum absolute atomic E-state index is 0. The first kappa shape index (κ1) is 40.1. The fourth-order valence-corrected chi connectivity index (χ4v) is 7.75. The molecule has 5 aromatic carbocycles. The third-order valence-corrected chi connectivity index (χ3v) is 10.7. The maximum atomic E-state index is 11.2. The fraction of sp³-hybridized carbons (Fsp3) is 0.306. The predicted octanol–water partition coefficient (Wildman–Crippen LogP) is 13.7. The normalized spacial score (nSPS) is 12.8. The van der Waals surface area contributed by atoms with Gasteiger partial charge in [-0.1, -0.05) is 130 Å². The quantitative estimate of drug-likeness (QED) is 0.139. The Balaban J connectivity index is 0.00000514. The first-order chi connectivity index (χ1) is 25.8. The van der Waals surface area contributed by atoms with Gasteiger partial charge < -0.3 is 19.5 Å². The molecule has 1 aromatic heterocycles. The Morgan fingerprint density at radius 2 is 1.13 bits per heavy atom. The topological polar surface area (TPSA) is 44.5 Å². The van der Waals surface area contributed by atoms with Gasteiger partial charge in [0, 0.05) is 22.8 Å². The van der Waals surface area contributed by atoms with Gasteiger partial charge in [0.15, 0.2) is 0 Å². The maximum Gasteiger partial charge on any atom is 2.00 e. The zero-order valence-electron chi connectivity index (χ0n) is 33.8. The van der Waals surface area contributed by atoms with Gasteiger partial charge >= 0.3 is 21.1 Å². The molecule has 55 heavy (non-hydrogen) atoms. The van der Waals surface area contributed by atoms with E-state index in [1.807, 2.05) is 18.2 Å². The van der Waals surface area contributed by atoms with Crippen molar-refractivity contribution in [2.45, 2.75) is 98.8 Å². The molecule has 0 radical (unpaired) electrons. The van der Waals surface area contributed by atoms with Gasteiger partial charge in [0.05, 0.1) is 11.3 Å². The summed E-state index contributed by atoms with van der Waals surface area (Å²) in [6.07, 6.45) is 2.14. The molecular weight excluding hydrogens is 856 g/mol.